The van der Waals surface area contributed by atoms with Crippen LogP contribution in [0.15, 0.2) is 84.9 Å². The van der Waals surface area contributed by atoms with Crippen LogP contribution in [0.4, 0.5) is 5.82 Å². The molecule has 2 saturated heterocycles. The van der Waals surface area contributed by atoms with E-state index in [0.29, 0.717) is 48.2 Å². The Balaban J connectivity index is 0.989. The number of aromatic hydroxyl groups is 1. The molecule has 3 aromatic carbocycles. The summed E-state index contributed by atoms with van der Waals surface area (Å²) in [6, 6.07) is 26.2. The zero-order chi connectivity index (χ0) is 34.2. The number of nitrogens with one attached hydrogen (secondary N) is 2. The molecular weight excluding hydrogens is 624 g/mol. The number of phenols is 1. The molecule has 12 heteroatoms. The maximum Gasteiger partial charge on any atom is 0.267 e. The summed E-state index contributed by atoms with van der Waals surface area (Å²) in [5.74, 6) is 0.658. The molecular formula is C37H40N6O6. The summed E-state index contributed by atoms with van der Waals surface area (Å²) in [7, 11) is 0. The van der Waals surface area contributed by atoms with Crippen LogP contribution in [0.5, 0.6) is 17.2 Å². The number of nitrogens with two attached hydrogens (primary N) is 1. The van der Waals surface area contributed by atoms with Crippen molar-refractivity contribution in [2.24, 2.45) is 0 Å². The van der Waals surface area contributed by atoms with E-state index in [-0.39, 0.29) is 42.3 Å². The van der Waals surface area contributed by atoms with Crippen molar-refractivity contribution in [3.63, 3.8) is 0 Å². The number of ether oxygens (including phenoxy) is 2. The molecule has 12 nitrogen and oxygen atoms in total. The molecule has 2 aliphatic heterocycles. The number of piperidine rings is 2. The van der Waals surface area contributed by atoms with Crippen LogP contribution in [0.2, 0.25) is 0 Å². The van der Waals surface area contributed by atoms with E-state index in [9.17, 15) is 19.5 Å². The molecule has 0 saturated carbocycles. The first-order valence-electron chi connectivity index (χ1n) is 16.5. The first-order valence-corrected chi connectivity index (χ1v) is 16.5. The highest BCUT2D eigenvalue weighted by Gasteiger charge is 2.28. The smallest absolute Gasteiger partial charge is 0.267 e. The Bertz CT molecular complexity index is 1760. The van der Waals surface area contributed by atoms with Crippen LogP contribution in [0.3, 0.4) is 0 Å². The number of aromatic nitrogens is 2. The number of rotatable bonds is 12. The molecule has 3 heterocycles. The predicted octanol–water partition coefficient (Wildman–Crippen LogP) is 3.77. The minimum Gasteiger partial charge on any atom is -0.507 e. The van der Waals surface area contributed by atoms with Crippen molar-refractivity contribution in [1.29, 1.82) is 0 Å². The zero-order valence-corrected chi connectivity index (χ0v) is 27.1. The average molecular weight is 665 g/mol. The fraction of sp³-hybridized carbons (Fsp3) is 0.324. The lowest BCUT2D eigenvalue weighted by Crippen LogP contribution is -2.46. The van der Waals surface area contributed by atoms with E-state index in [1.54, 1.807) is 30.3 Å². The number of carbonyl (C=O) groups excluding carboxylic acids is 3. The Labute approximate surface area is 284 Å². The third kappa shape index (κ3) is 8.71. The number of likely N-dealkylation sites (tertiary alicyclic amines) is 1. The summed E-state index contributed by atoms with van der Waals surface area (Å²) in [6.07, 6.45) is 1.84. The van der Waals surface area contributed by atoms with E-state index < -0.39 is 12.0 Å². The molecule has 2 unspecified atom stereocenters. The summed E-state index contributed by atoms with van der Waals surface area (Å²) in [5, 5.41) is 23.8. The number of imide groups is 1. The van der Waals surface area contributed by atoms with Gasteiger partial charge in [0.2, 0.25) is 11.8 Å². The standard InChI is InChI=1S/C37H40N6O6/c38-36-33(20-30(41-42-36)29-8-4-5-9-31(29)44)48-23-27(24-6-2-1-3-7-24)21-39-35(46)22-43-18-16-26(17-19-43)25-10-12-28(13-11-25)49-32-14-15-34(45)40-37(32)47/h1-13,20,26-27,32,44H,14-19,21-23H2,(H2,38,42)(H,39,46)(H,40,45,47). The predicted molar refractivity (Wildman–Crippen MR) is 183 cm³/mol. The summed E-state index contributed by atoms with van der Waals surface area (Å²) < 4.78 is 11.9. The van der Waals surface area contributed by atoms with E-state index in [2.05, 4.69) is 25.7 Å². The van der Waals surface area contributed by atoms with E-state index in [1.165, 1.54) is 5.56 Å². The molecule has 4 aromatic rings. The average Bonchev–Trinajstić information content (AvgIpc) is 3.11. The van der Waals surface area contributed by atoms with Gasteiger partial charge in [-0.15, -0.1) is 10.2 Å². The number of nitrogen functional groups attached to an aromatic ring is 1. The first-order chi connectivity index (χ1) is 23.8. The number of phenolic OH excluding ortho intramolecular Hbond substituents is 1. The van der Waals surface area contributed by atoms with Crippen LogP contribution < -0.4 is 25.8 Å². The van der Waals surface area contributed by atoms with Crippen molar-refractivity contribution in [3.8, 4) is 28.5 Å². The number of amides is 3. The molecule has 254 valence electrons. The van der Waals surface area contributed by atoms with Gasteiger partial charge in [-0.3, -0.25) is 24.6 Å². The van der Waals surface area contributed by atoms with Crippen LogP contribution in [0.25, 0.3) is 11.3 Å². The van der Waals surface area contributed by atoms with Gasteiger partial charge in [0, 0.05) is 36.9 Å². The first kappa shape index (κ1) is 33.4. The number of para-hydroxylation sites is 1. The fourth-order valence-electron chi connectivity index (χ4n) is 6.20. The Morgan fingerprint density at radius 1 is 0.980 bits per heavy atom. The molecule has 2 atom stereocenters. The molecule has 0 aliphatic carbocycles. The molecule has 0 radical (unpaired) electrons. The second-order valence-electron chi connectivity index (χ2n) is 12.4. The zero-order valence-electron chi connectivity index (χ0n) is 27.1. The topological polar surface area (TPSA) is 169 Å². The van der Waals surface area contributed by atoms with Crippen molar-refractivity contribution in [1.82, 2.24) is 25.7 Å². The van der Waals surface area contributed by atoms with Crippen LogP contribution in [-0.2, 0) is 14.4 Å². The third-order valence-corrected chi connectivity index (χ3v) is 9.00. The number of hydrogen-bond donors (Lipinski definition) is 4. The van der Waals surface area contributed by atoms with Gasteiger partial charge in [-0.2, -0.15) is 0 Å². The molecule has 0 spiro atoms. The van der Waals surface area contributed by atoms with Gasteiger partial charge >= 0.3 is 0 Å². The maximum absolute atomic E-state index is 13.1. The maximum atomic E-state index is 13.1. The second kappa shape index (κ2) is 15.6. The van der Waals surface area contributed by atoms with Crippen LogP contribution in [-0.4, -0.2) is 76.8 Å². The molecule has 3 amide bonds. The van der Waals surface area contributed by atoms with Gasteiger partial charge in [0.25, 0.3) is 5.91 Å². The van der Waals surface area contributed by atoms with Gasteiger partial charge < -0.3 is 25.6 Å². The van der Waals surface area contributed by atoms with Gasteiger partial charge in [-0.05, 0) is 67.2 Å². The number of hydrogen-bond acceptors (Lipinski definition) is 10. The quantitative estimate of drug-likeness (QED) is 0.164. The van der Waals surface area contributed by atoms with E-state index >= 15 is 0 Å². The molecule has 6 rings (SSSR count). The lowest BCUT2D eigenvalue weighted by atomic mass is 9.89. The normalized spacial score (nSPS) is 17.6. The molecule has 49 heavy (non-hydrogen) atoms. The van der Waals surface area contributed by atoms with E-state index in [4.69, 9.17) is 15.2 Å². The van der Waals surface area contributed by atoms with E-state index in [1.807, 2.05) is 54.6 Å². The van der Waals surface area contributed by atoms with Gasteiger partial charge in [0.15, 0.2) is 17.7 Å². The highest BCUT2D eigenvalue weighted by molar-refractivity contribution is 5.99. The highest BCUT2D eigenvalue weighted by Crippen LogP contribution is 2.32. The Morgan fingerprint density at radius 2 is 1.71 bits per heavy atom. The van der Waals surface area contributed by atoms with Crippen LogP contribution >= 0.6 is 0 Å². The fourth-order valence-corrected chi connectivity index (χ4v) is 6.20. The highest BCUT2D eigenvalue weighted by atomic mass is 16.5. The molecule has 1 aromatic heterocycles. The van der Waals surface area contributed by atoms with Gasteiger partial charge in [0.05, 0.1) is 13.2 Å². The lowest BCUT2D eigenvalue weighted by Gasteiger charge is -2.32. The van der Waals surface area contributed by atoms with Gasteiger partial charge in [0.1, 0.15) is 17.2 Å². The number of carbonyl (C=O) groups is 3. The van der Waals surface area contributed by atoms with Crippen LogP contribution in [0.1, 0.15) is 48.6 Å². The summed E-state index contributed by atoms with van der Waals surface area (Å²) in [4.78, 5) is 38.7. The largest absolute Gasteiger partial charge is 0.507 e. The second-order valence-corrected chi connectivity index (χ2v) is 12.4. The number of nitrogens with zero attached hydrogens (tertiary/aromatic N) is 3. The summed E-state index contributed by atoms with van der Waals surface area (Å²) in [6.45, 7) is 2.51. The Kier molecular flexibility index (Phi) is 10.6. The van der Waals surface area contributed by atoms with Gasteiger partial charge in [-0.1, -0.05) is 54.6 Å². The van der Waals surface area contributed by atoms with Crippen molar-refractivity contribution in [2.75, 3.05) is 38.5 Å². The number of benzene rings is 3. The Hall–Kier alpha value is -5.49. The van der Waals surface area contributed by atoms with Gasteiger partial charge in [-0.25, -0.2) is 0 Å². The molecule has 0 bridgehead atoms. The molecule has 2 aliphatic rings. The number of anilines is 1. The molecule has 2 fully saturated rings. The third-order valence-electron chi connectivity index (χ3n) is 9.00. The van der Waals surface area contributed by atoms with Crippen molar-refractivity contribution in [2.45, 2.75) is 43.6 Å². The lowest BCUT2D eigenvalue weighted by molar-refractivity contribution is -0.138. The Morgan fingerprint density at radius 3 is 2.45 bits per heavy atom. The van der Waals surface area contributed by atoms with Crippen molar-refractivity contribution >= 4 is 23.5 Å². The minimum atomic E-state index is -0.657. The van der Waals surface area contributed by atoms with Crippen molar-refractivity contribution < 1.29 is 29.0 Å². The monoisotopic (exact) mass is 664 g/mol. The summed E-state index contributed by atoms with van der Waals surface area (Å²) >= 11 is 0. The van der Waals surface area contributed by atoms with E-state index in [0.717, 1.165) is 31.5 Å². The SMILES string of the molecule is Nc1nnc(-c2ccccc2O)cc1OCC(CNC(=O)CN1CCC(c2ccc(OC3CCC(=O)NC3=O)cc2)CC1)c1ccccc1. The summed E-state index contributed by atoms with van der Waals surface area (Å²) in [5.41, 5.74) is 9.25. The minimum absolute atomic E-state index is 0.0544. The van der Waals surface area contributed by atoms with Crippen LogP contribution in [0, 0.1) is 0 Å². The van der Waals surface area contributed by atoms with Crippen molar-refractivity contribution in [3.05, 3.63) is 96.1 Å². The molecule has 5 N–H and O–H groups in total.